The molecule has 104 valence electrons. The quantitative estimate of drug-likeness (QED) is 0.545. The van der Waals surface area contributed by atoms with Gasteiger partial charge in [0.05, 0.1) is 30.6 Å². The molecule has 19 heavy (non-hydrogen) atoms. The van der Waals surface area contributed by atoms with Crippen molar-refractivity contribution in [3.05, 3.63) is 39.9 Å². The summed E-state index contributed by atoms with van der Waals surface area (Å²) in [7, 11) is 1.46. The van der Waals surface area contributed by atoms with Crippen molar-refractivity contribution in [2.24, 2.45) is 0 Å². The maximum Gasteiger partial charge on any atom is 0.273 e. The van der Waals surface area contributed by atoms with Crippen molar-refractivity contribution in [1.29, 1.82) is 0 Å². The number of carbonyl (C=O) groups is 1. The van der Waals surface area contributed by atoms with Crippen molar-refractivity contribution < 1.29 is 19.6 Å². The highest BCUT2D eigenvalue weighted by molar-refractivity contribution is 5.80. The maximum atomic E-state index is 11.7. The number of rotatable bonds is 7. The molecule has 1 aromatic carbocycles. The fraction of sp³-hybridized carbons (Fsp3) is 0.417. The second-order valence-corrected chi connectivity index (χ2v) is 3.96. The van der Waals surface area contributed by atoms with Gasteiger partial charge in [-0.15, -0.1) is 0 Å². The van der Waals surface area contributed by atoms with E-state index in [1.807, 2.05) is 0 Å². The summed E-state index contributed by atoms with van der Waals surface area (Å²) >= 11 is 0. The first-order chi connectivity index (χ1) is 9.08. The number of carbonyl (C=O) groups excluding carboxylic acids is 1. The van der Waals surface area contributed by atoms with Crippen LogP contribution in [0.1, 0.15) is 5.56 Å². The molecule has 0 spiro atoms. The molecule has 0 saturated carbocycles. The molecule has 0 aliphatic carbocycles. The number of aliphatic hydroxyl groups excluding tert-OH is 1. The number of ether oxygens (including phenoxy) is 1. The van der Waals surface area contributed by atoms with Crippen LogP contribution in [-0.2, 0) is 16.0 Å². The lowest BCUT2D eigenvalue weighted by Gasteiger charge is -2.15. The molecule has 1 unspecified atom stereocenters. The van der Waals surface area contributed by atoms with E-state index in [1.54, 1.807) is 12.1 Å². The third kappa shape index (κ3) is 4.65. The van der Waals surface area contributed by atoms with E-state index >= 15 is 0 Å². The van der Waals surface area contributed by atoms with Gasteiger partial charge in [-0.2, -0.15) is 0 Å². The van der Waals surface area contributed by atoms with E-state index in [0.717, 1.165) is 0 Å². The third-order valence-corrected chi connectivity index (χ3v) is 2.49. The van der Waals surface area contributed by atoms with E-state index in [1.165, 1.54) is 19.2 Å². The van der Waals surface area contributed by atoms with Crippen molar-refractivity contribution in [3.8, 4) is 0 Å². The summed E-state index contributed by atoms with van der Waals surface area (Å²) in [5.74, 6) is -0.398. The Morgan fingerprint density at radius 3 is 2.79 bits per heavy atom. The van der Waals surface area contributed by atoms with Gasteiger partial charge >= 0.3 is 0 Å². The first-order valence-electron chi connectivity index (χ1n) is 5.70. The number of hydrogen-bond donors (Lipinski definition) is 2. The van der Waals surface area contributed by atoms with Crippen LogP contribution in [0, 0.1) is 10.1 Å². The van der Waals surface area contributed by atoms with Crippen LogP contribution in [0.2, 0.25) is 0 Å². The summed E-state index contributed by atoms with van der Waals surface area (Å²) in [5.41, 5.74) is 0.240. The third-order valence-electron chi connectivity index (χ3n) is 2.49. The molecule has 0 saturated heterocycles. The zero-order valence-corrected chi connectivity index (χ0v) is 10.5. The highest BCUT2D eigenvalue weighted by atomic mass is 16.6. The van der Waals surface area contributed by atoms with E-state index < -0.39 is 16.9 Å². The van der Waals surface area contributed by atoms with E-state index in [-0.39, 0.29) is 25.3 Å². The number of methoxy groups -OCH3 is 1. The Hall–Kier alpha value is -1.99. The average Bonchev–Trinajstić information content (AvgIpc) is 2.38. The van der Waals surface area contributed by atoms with Crippen molar-refractivity contribution in [3.63, 3.8) is 0 Å². The van der Waals surface area contributed by atoms with E-state index in [9.17, 15) is 14.9 Å². The molecule has 1 amide bonds. The van der Waals surface area contributed by atoms with Gasteiger partial charge in [0.15, 0.2) is 0 Å². The van der Waals surface area contributed by atoms with Gasteiger partial charge in [-0.1, -0.05) is 18.2 Å². The summed E-state index contributed by atoms with van der Waals surface area (Å²) in [6, 6.07) is 5.54. The van der Waals surface area contributed by atoms with Crippen molar-refractivity contribution in [1.82, 2.24) is 5.32 Å². The topological polar surface area (TPSA) is 102 Å². The minimum absolute atomic E-state index is 0.0926. The number of nitro benzene ring substituents is 1. The summed E-state index contributed by atoms with van der Waals surface area (Å²) in [5, 5.41) is 22.4. The number of nitrogens with one attached hydrogen (secondary N) is 1. The minimum Gasteiger partial charge on any atom is -0.394 e. The molecule has 2 N–H and O–H groups in total. The molecule has 7 nitrogen and oxygen atoms in total. The van der Waals surface area contributed by atoms with Gasteiger partial charge in [0.2, 0.25) is 5.91 Å². The van der Waals surface area contributed by atoms with Crippen LogP contribution < -0.4 is 5.32 Å². The van der Waals surface area contributed by atoms with Crippen LogP contribution in [0.3, 0.4) is 0 Å². The van der Waals surface area contributed by atoms with E-state index in [2.05, 4.69) is 5.32 Å². The standard InChI is InChI=1S/C12H16N2O5/c1-19-8-10(7-15)13-12(16)6-9-4-2-3-5-11(9)14(17)18/h2-5,10,15H,6-8H2,1H3,(H,13,16). The Balaban J connectivity index is 2.69. The van der Waals surface area contributed by atoms with Crippen molar-refractivity contribution in [2.45, 2.75) is 12.5 Å². The normalized spacial score (nSPS) is 11.9. The number of amides is 1. The van der Waals surface area contributed by atoms with Gasteiger partial charge in [0.1, 0.15) is 0 Å². The molecule has 0 bridgehead atoms. The van der Waals surface area contributed by atoms with E-state index in [0.29, 0.717) is 5.56 Å². The van der Waals surface area contributed by atoms with Gasteiger partial charge < -0.3 is 15.2 Å². The minimum atomic E-state index is -0.526. The Morgan fingerprint density at radius 1 is 1.53 bits per heavy atom. The number of nitro groups is 1. The van der Waals surface area contributed by atoms with Crippen molar-refractivity contribution >= 4 is 11.6 Å². The first-order valence-corrected chi connectivity index (χ1v) is 5.70. The lowest BCUT2D eigenvalue weighted by Crippen LogP contribution is -2.41. The van der Waals surface area contributed by atoms with Gasteiger partial charge in [0, 0.05) is 18.7 Å². The first kappa shape index (κ1) is 15.1. The predicted octanol–water partition coefficient (Wildman–Crippen LogP) is 0.261. The zero-order valence-electron chi connectivity index (χ0n) is 10.5. The molecule has 0 aromatic heterocycles. The second-order valence-electron chi connectivity index (χ2n) is 3.96. The Kier molecular flexibility index (Phi) is 5.91. The van der Waals surface area contributed by atoms with Gasteiger partial charge in [-0.25, -0.2) is 0 Å². The highest BCUT2D eigenvalue weighted by Gasteiger charge is 2.17. The molecule has 0 fully saturated rings. The van der Waals surface area contributed by atoms with Crippen LogP contribution in [-0.4, -0.2) is 42.3 Å². The second kappa shape index (κ2) is 7.45. The molecule has 0 radical (unpaired) electrons. The Morgan fingerprint density at radius 2 is 2.21 bits per heavy atom. The van der Waals surface area contributed by atoms with Gasteiger partial charge in [-0.3, -0.25) is 14.9 Å². The maximum absolute atomic E-state index is 11.7. The molecule has 0 heterocycles. The summed E-state index contributed by atoms with van der Waals surface area (Å²) in [4.78, 5) is 22.0. The molecule has 0 aliphatic heterocycles. The molecule has 1 aromatic rings. The lowest BCUT2D eigenvalue weighted by atomic mass is 10.1. The van der Waals surface area contributed by atoms with E-state index in [4.69, 9.17) is 9.84 Å². The fourth-order valence-electron chi connectivity index (χ4n) is 1.63. The largest absolute Gasteiger partial charge is 0.394 e. The molecule has 0 aliphatic rings. The lowest BCUT2D eigenvalue weighted by molar-refractivity contribution is -0.385. The average molecular weight is 268 g/mol. The molecule has 1 atom stereocenters. The number of benzene rings is 1. The zero-order chi connectivity index (χ0) is 14.3. The SMILES string of the molecule is COCC(CO)NC(=O)Cc1ccccc1[N+](=O)[O-]. The fourth-order valence-corrected chi connectivity index (χ4v) is 1.63. The van der Waals surface area contributed by atoms with Crippen molar-refractivity contribution in [2.75, 3.05) is 20.3 Å². The number of nitrogens with zero attached hydrogens (tertiary/aromatic N) is 1. The summed E-state index contributed by atoms with van der Waals surface area (Å²) in [6.07, 6.45) is -0.114. The highest BCUT2D eigenvalue weighted by Crippen LogP contribution is 2.17. The molecule has 7 heteroatoms. The van der Waals surface area contributed by atoms with Crippen LogP contribution in [0.5, 0.6) is 0 Å². The monoisotopic (exact) mass is 268 g/mol. The molecule has 1 rings (SSSR count). The molecular weight excluding hydrogens is 252 g/mol. The van der Waals surface area contributed by atoms with Crippen LogP contribution >= 0.6 is 0 Å². The van der Waals surface area contributed by atoms with Crippen LogP contribution in [0.15, 0.2) is 24.3 Å². The summed E-state index contributed by atoms with van der Waals surface area (Å²) < 4.78 is 4.82. The number of hydrogen-bond acceptors (Lipinski definition) is 5. The van der Waals surface area contributed by atoms with Gasteiger partial charge in [0.25, 0.3) is 5.69 Å². The Labute approximate surface area is 110 Å². The number of para-hydroxylation sites is 1. The smallest absolute Gasteiger partial charge is 0.273 e. The predicted molar refractivity (Wildman–Crippen MR) is 67.7 cm³/mol. The van der Waals surface area contributed by atoms with Crippen LogP contribution in [0.25, 0.3) is 0 Å². The molecular formula is C12H16N2O5. The Bertz CT molecular complexity index is 450. The number of aliphatic hydroxyl groups is 1. The van der Waals surface area contributed by atoms with Crippen LogP contribution in [0.4, 0.5) is 5.69 Å². The van der Waals surface area contributed by atoms with Gasteiger partial charge in [-0.05, 0) is 0 Å². The summed E-state index contributed by atoms with van der Waals surface area (Å²) in [6.45, 7) is -0.0738.